The minimum Gasteiger partial charge on any atom is -0.395 e. The van der Waals surface area contributed by atoms with Gasteiger partial charge < -0.3 is 5.11 Å². The largest absolute Gasteiger partial charge is 0.416 e. The number of aliphatic hydroxyl groups is 1. The van der Waals surface area contributed by atoms with E-state index < -0.39 is 32.7 Å². The van der Waals surface area contributed by atoms with Crippen LogP contribution in [0.1, 0.15) is 17.2 Å². The van der Waals surface area contributed by atoms with Crippen LogP contribution in [0.5, 0.6) is 0 Å². The first-order valence-electron chi connectivity index (χ1n) is 9.30. The number of aliphatic hydroxyl groups excluding tert-OH is 1. The Bertz CT molecular complexity index is 1030. The summed E-state index contributed by atoms with van der Waals surface area (Å²) in [6.45, 7) is 0.378. The molecule has 2 aromatic rings. The van der Waals surface area contributed by atoms with Gasteiger partial charge >= 0.3 is 6.18 Å². The number of β-amino-alcohol motifs (C(OH)–C–C–N with tert-alkyl or cyclic N) is 1. The smallest absolute Gasteiger partial charge is 0.395 e. The molecule has 1 atom stereocenters. The Hall–Kier alpha value is -2.54. The summed E-state index contributed by atoms with van der Waals surface area (Å²) in [6.07, 6.45) is -4.48. The van der Waals surface area contributed by atoms with Crippen LogP contribution in [0.3, 0.4) is 0 Å². The number of rotatable bonds is 6. The molecular weight excluding hydrogens is 439 g/mol. The zero-order chi connectivity index (χ0) is 22.8. The number of hydrogen-bond acceptors (Lipinski definition) is 6. The molecule has 0 bridgehead atoms. The number of alkyl halides is 3. The quantitative estimate of drug-likeness (QED) is 0.526. The molecular formula is C19H20F3N3O5S. The summed E-state index contributed by atoms with van der Waals surface area (Å²) < 4.78 is 65.9. The summed E-state index contributed by atoms with van der Waals surface area (Å²) in [4.78, 5) is 11.9. The van der Waals surface area contributed by atoms with Crippen molar-refractivity contribution < 1.29 is 31.6 Å². The molecule has 3 rings (SSSR count). The molecule has 0 aromatic heterocycles. The molecule has 1 heterocycles. The third-order valence-corrected chi connectivity index (χ3v) is 7.03. The van der Waals surface area contributed by atoms with Crippen LogP contribution >= 0.6 is 0 Å². The number of halogens is 3. The minimum atomic E-state index is -4.48. The van der Waals surface area contributed by atoms with Crippen molar-refractivity contribution >= 4 is 15.7 Å². The highest BCUT2D eigenvalue weighted by molar-refractivity contribution is 7.89. The van der Waals surface area contributed by atoms with Crippen LogP contribution in [0.2, 0.25) is 0 Å². The van der Waals surface area contributed by atoms with Crippen LogP contribution in [0.4, 0.5) is 18.9 Å². The number of nitro benzene ring substituents is 1. The third kappa shape index (κ3) is 5.03. The summed E-state index contributed by atoms with van der Waals surface area (Å²) >= 11 is 0. The lowest BCUT2D eigenvalue weighted by molar-refractivity contribution is -0.384. The summed E-state index contributed by atoms with van der Waals surface area (Å²) in [7, 11) is -3.97. The normalized spacial score (nSPS) is 18.8. The number of benzene rings is 2. The number of non-ortho nitro benzene ring substituents is 1. The molecule has 0 amide bonds. The fraction of sp³-hybridized carbons (Fsp3) is 0.368. The van der Waals surface area contributed by atoms with Crippen molar-refractivity contribution in [2.75, 3.05) is 32.8 Å². The zero-order valence-electron chi connectivity index (χ0n) is 16.2. The van der Waals surface area contributed by atoms with E-state index in [0.29, 0.717) is 5.56 Å². The van der Waals surface area contributed by atoms with E-state index in [9.17, 15) is 36.8 Å². The van der Waals surface area contributed by atoms with Gasteiger partial charge in [0.1, 0.15) is 0 Å². The van der Waals surface area contributed by atoms with Gasteiger partial charge in [-0.1, -0.05) is 12.1 Å². The van der Waals surface area contributed by atoms with E-state index in [2.05, 4.69) is 0 Å². The van der Waals surface area contributed by atoms with Gasteiger partial charge in [0.2, 0.25) is 10.0 Å². The van der Waals surface area contributed by atoms with Crippen LogP contribution < -0.4 is 0 Å². The van der Waals surface area contributed by atoms with Crippen molar-refractivity contribution in [3.8, 4) is 0 Å². The highest BCUT2D eigenvalue weighted by Gasteiger charge is 2.36. The summed E-state index contributed by atoms with van der Waals surface area (Å²) in [5.41, 5.74) is -0.560. The van der Waals surface area contributed by atoms with Gasteiger partial charge in [0.25, 0.3) is 5.69 Å². The monoisotopic (exact) mass is 459 g/mol. The van der Waals surface area contributed by atoms with Gasteiger partial charge in [-0.3, -0.25) is 15.0 Å². The molecule has 31 heavy (non-hydrogen) atoms. The molecule has 0 radical (unpaired) electrons. The standard InChI is InChI=1S/C19H20F3N3O5S/c20-19(21,22)15-3-1-14(2-4-15)18-13-24(10-9-23(18)11-12-26)31(29,30)17-7-5-16(6-8-17)25(27)28/h1-8,18,26H,9-13H2. The van der Waals surface area contributed by atoms with Gasteiger partial charge in [0.15, 0.2) is 0 Å². The summed E-state index contributed by atoms with van der Waals surface area (Å²) in [5.74, 6) is 0. The molecule has 0 aliphatic carbocycles. The number of sulfonamides is 1. The number of hydrogen-bond donors (Lipinski definition) is 1. The minimum absolute atomic E-state index is 0.0370. The van der Waals surface area contributed by atoms with E-state index in [0.717, 1.165) is 36.4 Å². The molecule has 1 unspecified atom stereocenters. The fourth-order valence-corrected chi connectivity index (χ4v) is 4.95. The van der Waals surface area contributed by atoms with Crippen LogP contribution in [0.15, 0.2) is 53.4 Å². The Balaban J connectivity index is 1.88. The average molecular weight is 459 g/mol. The second kappa shape index (κ2) is 8.91. The molecule has 1 aliphatic heterocycles. The van der Waals surface area contributed by atoms with Crippen LogP contribution in [-0.2, 0) is 16.2 Å². The second-order valence-corrected chi connectivity index (χ2v) is 8.95. The Kier molecular flexibility index (Phi) is 6.65. The van der Waals surface area contributed by atoms with E-state index in [4.69, 9.17) is 0 Å². The van der Waals surface area contributed by atoms with Crippen molar-refractivity contribution in [2.24, 2.45) is 0 Å². The van der Waals surface area contributed by atoms with Gasteiger partial charge in [-0.2, -0.15) is 17.5 Å². The predicted octanol–water partition coefficient (Wildman–Crippen LogP) is 2.65. The van der Waals surface area contributed by atoms with Crippen LogP contribution in [0, 0.1) is 10.1 Å². The number of piperazine rings is 1. The van der Waals surface area contributed by atoms with Crippen LogP contribution in [0.25, 0.3) is 0 Å². The first kappa shape index (κ1) is 23.1. The highest BCUT2D eigenvalue weighted by Crippen LogP contribution is 2.33. The van der Waals surface area contributed by atoms with E-state index in [1.165, 1.54) is 16.4 Å². The van der Waals surface area contributed by atoms with Gasteiger partial charge in [-0.25, -0.2) is 8.42 Å². The first-order valence-corrected chi connectivity index (χ1v) is 10.7. The predicted molar refractivity (Wildman–Crippen MR) is 105 cm³/mol. The molecule has 1 saturated heterocycles. The topological polar surface area (TPSA) is 104 Å². The van der Waals surface area contributed by atoms with E-state index in [1.807, 2.05) is 4.90 Å². The van der Waals surface area contributed by atoms with Gasteiger partial charge in [-0.15, -0.1) is 0 Å². The van der Waals surface area contributed by atoms with Gasteiger partial charge in [0, 0.05) is 44.4 Å². The molecule has 12 heteroatoms. The second-order valence-electron chi connectivity index (χ2n) is 7.01. The maximum absolute atomic E-state index is 13.0. The number of nitrogens with zero attached hydrogens (tertiary/aromatic N) is 3. The van der Waals surface area contributed by atoms with E-state index in [1.54, 1.807) is 0 Å². The summed E-state index contributed by atoms with van der Waals surface area (Å²) in [6, 6.07) is 8.44. The molecule has 8 nitrogen and oxygen atoms in total. The van der Waals surface area contributed by atoms with E-state index >= 15 is 0 Å². The summed E-state index contributed by atoms with van der Waals surface area (Å²) in [5, 5.41) is 20.1. The zero-order valence-corrected chi connectivity index (χ0v) is 17.0. The third-order valence-electron chi connectivity index (χ3n) is 5.15. The van der Waals surface area contributed by atoms with E-state index in [-0.39, 0.29) is 43.4 Å². The van der Waals surface area contributed by atoms with Crippen LogP contribution in [-0.4, -0.2) is 60.4 Å². The lowest BCUT2D eigenvalue weighted by atomic mass is 10.0. The highest BCUT2D eigenvalue weighted by atomic mass is 32.2. The molecule has 1 fully saturated rings. The number of nitro groups is 1. The Labute approximate surface area is 176 Å². The van der Waals surface area contributed by atoms with Gasteiger partial charge in [-0.05, 0) is 29.8 Å². The SMILES string of the molecule is O=[N+]([O-])c1ccc(S(=O)(=O)N2CCN(CCO)C(c3ccc(C(F)(F)F)cc3)C2)cc1. The van der Waals surface area contributed by atoms with Crippen molar-refractivity contribution in [3.63, 3.8) is 0 Å². The first-order chi connectivity index (χ1) is 14.5. The van der Waals surface area contributed by atoms with Crippen molar-refractivity contribution in [2.45, 2.75) is 17.1 Å². The lowest BCUT2D eigenvalue weighted by Crippen LogP contribution is -2.51. The Morgan fingerprint density at radius 2 is 1.68 bits per heavy atom. The molecule has 1 aliphatic rings. The maximum Gasteiger partial charge on any atom is 0.416 e. The lowest BCUT2D eigenvalue weighted by Gasteiger charge is -2.40. The molecule has 1 N–H and O–H groups in total. The molecule has 0 saturated carbocycles. The Morgan fingerprint density at radius 1 is 1.06 bits per heavy atom. The molecule has 2 aromatic carbocycles. The van der Waals surface area contributed by atoms with Crippen molar-refractivity contribution in [1.82, 2.24) is 9.21 Å². The Morgan fingerprint density at radius 3 is 2.19 bits per heavy atom. The fourth-order valence-electron chi connectivity index (χ4n) is 3.51. The van der Waals surface area contributed by atoms with Crippen molar-refractivity contribution in [3.05, 3.63) is 69.8 Å². The molecule has 0 spiro atoms. The molecule has 168 valence electrons. The van der Waals surface area contributed by atoms with Gasteiger partial charge in [0.05, 0.1) is 22.0 Å². The van der Waals surface area contributed by atoms with Crippen molar-refractivity contribution in [1.29, 1.82) is 0 Å². The maximum atomic E-state index is 13.0. The average Bonchev–Trinajstić information content (AvgIpc) is 2.73.